The predicted molar refractivity (Wildman–Crippen MR) is 150 cm³/mol. The lowest BCUT2D eigenvalue weighted by molar-refractivity contribution is -0.112. The average molecular weight is 509 g/mol. The molecule has 1 heterocycles. The van der Waals surface area contributed by atoms with E-state index in [0.717, 1.165) is 23.4 Å². The topological polar surface area (TPSA) is 79.9 Å². The zero-order chi connectivity index (χ0) is 26.0. The van der Waals surface area contributed by atoms with Crippen LogP contribution >= 0.6 is 11.8 Å². The van der Waals surface area contributed by atoms with Crippen LogP contribution in [0.25, 0.3) is 23.0 Å². The van der Waals surface area contributed by atoms with Crippen molar-refractivity contribution in [1.82, 2.24) is 9.78 Å². The Balaban J connectivity index is 1.66. The highest BCUT2D eigenvalue weighted by atomic mass is 32.2. The highest BCUT2D eigenvalue weighted by Crippen LogP contribution is 2.29. The van der Waals surface area contributed by atoms with Gasteiger partial charge in [-0.3, -0.25) is 4.79 Å². The van der Waals surface area contributed by atoms with Crippen LogP contribution in [0, 0.1) is 11.3 Å². The van der Waals surface area contributed by atoms with E-state index in [9.17, 15) is 10.1 Å². The lowest BCUT2D eigenvalue weighted by Gasteiger charge is -2.07. The molecular weight excluding hydrogens is 480 g/mol. The number of anilines is 1. The standard InChI is InChI=1S/C30H28N4O2S/c1-3-18-37-28-16-10-22(11-17-28)29-24(21-34(33-29)26-8-6-5-7-9-26)19-23(20-31)30(35)32-25-12-14-27(15-13-25)36-4-2/h5-17,19,21H,3-4,18H2,1-2H3,(H,32,35)/b23-19-. The molecule has 0 fully saturated rings. The smallest absolute Gasteiger partial charge is 0.266 e. The third-order valence-corrected chi connectivity index (χ3v) is 6.67. The number of carbonyl (C=O) groups is 1. The summed E-state index contributed by atoms with van der Waals surface area (Å²) in [4.78, 5) is 14.2. The quantitative estimate of drug-likeness (QED) is 0.142. The summed E-state index contributed by atoms with van der Waals surface area (Å²) in [6.45, 7) is 4.63. The molecule has 0 spiro atoms. The number of hydrogen-bond acceptors (Lipinski definition) is 5. The SMILES string of the molecule is CCCSc1ccc(-c2nn(-c3ccccc3)cc2/C=C(/C#N)C(=O)Nc2ccc(OCC)cc2)cc1. The van der Waals surface area contributed by atoms with Gasteiger partial charge in [0.2, 0.25) is 0 Å². The van der Waals surface area contributed by atoms with Crippen LogP contribution in [0.15, 0.2) is 95.5 Å². The molecule has 0 bridgehead atoms. The number of nitrogens with zero attached hydrogens (tertiary/aromatic N) is 3. The number of amides is 1. The van der Waals surface area contributed by atoms with Gasteiger partial charge in [0, 0.05) is 27.9 Å². The zero-order valence-electron chi connectivity index (χ0n) is 20.8. The van der Waals surface area contributed by atoms with Crippen molar-refractivity contribution in [3.63, 3.8) is 0 Å². The predicted octanol–water partition coefficient (Wildman–Crippen LogP) is 6.99. The summed E-state index contributed by atoms with van der Waals surface area (Å²) in [5, 5.41) is 17.4. The number of nitrogens with one attached hydrogen (secondary N) is 1. The third kappa shape index (κ3) is 6.69. The fourth-order valence-corrected chi connectivity index (χ4v) is 4.43. The highest BCUT2D eigenvalue weighted by Gasteiger charge is 2.16. The summed E-state index contributed by atoms with van der Waals surface area (Å²) in [6, 6.07) is 27.0. The van der Waals surface area contributed by atoms with E-state index in [-0.39, 0.29) is 5.57 Å². The lowest BCUT2D eigenvalue weighted by Crippen LogP contribution is -2.13. The number of thioether (sulfide) groups is 1. The molecule has 0 aliphatic carbocycles. The second-order valence-electron chi connectivity index (χ2n) is 8.17. The van der Waals surface area contributed by atoms with Crippen LogP contribution in [0.4, 0.5) is 5.69 Å². The Bertz CT molecular complexity index is 1400. The van der Waals surface area contributed by atoms with E-state index in [1.165, 1.54) is 4.90 Å². The number of para-hydroxylation sites is 1. The van der Waals surface area contributed by atoms with Gasteiger partial charge < -0.3 is 10.1 Å². The number of hydrogen-bond donors (Lipinski definition) is 1. The summed E-state index contributed by atoms with van der Waals surface area (Å²) in [5.41, 5.74) is 3.73. The monoisotopic (exact) mass is 508 g/mol. The van der Waals surface area contributed by atoms with Crippen molar-refractivity contribution in [2.24, 2.45) is 0 Å². The maximum absolute atomic E-state index is 13.0. The van der Waals surface area contributed by atoms with Gasteiger partial charge in [-0.2, -0.15) is 10.4 Å². The maximum atomic E-state index is 13.0. The van der Waals surface area contributed by atoms with Gasteiger partial charge in [0.05, 0.1) is 18.0 Å². The second-order valence-corrected chi connectivity index (χ2v) is 9.34. The molecule has 0 atom stereocenters. The Morgan fingerprint density at radius 2 is 1.78 bits per heavy atom. The molecule has 0 aliphatic rings. The number of ether oxygens (including phenoxy) is 1. The van der Waals surface area contributed by atoms with Crippen LogP contribution in [0.2, 0.25) is 0 Å². The van der Waals surface area contributed by atoms with Crippen LogP contribution in [0.5, 0.6) is 5.75 Å². The Kier molecular flexibility index (Phi) is 8.79. The van der Waals surface area contributed by atoms with Gasteiger partial charge in [0.15, 0.2) is 0 Å². The van der Waals surface area contributed by atoms with Gasteiger partial charge in [-0.25, -0.2) is 4.68 Å². The van der Waals surface area contributed by atoms with Crippen LogP contribution in [0.1, 0.15) is 25.8 Å². The van der Waals surface area contributed by atoms with Crippen molar-refractivity contribution < 1.29 is 9.53 Å². The Hall–Kier alpha value is -4.28. The van der Waals surface area contributed by atoms with Gasteiger partial charge in [-0.05, 0) is 73.7 Å². The molecule has 1 amide bonds. The summed E-state index contributed by atoms with van der Waals surface area (Å²) < 4.78 is 7.21. The minimum absolute atomic E-state index is 0.0159. The Morgan fingerprint density at radius 3 is 2.43 bits per heavy atom. The number of nitriles is 1. The summed E-state index contributed by atoms with van der Waals surface area (Å²) >= 11 is 1.81. The van der Waals surface area contributed by atoms with Gasteiger partial charge in [-0.15, -0.1) is 11.8 Å². The van der Waals surface area contributed by atoms with Crippen LogP contribution in [-0.4, -0.2) is 28.0 Å². The molecular formula is C30H28N4O2S. The molecule has 6 nitrogen and oxygen atoms in total. The first-order valence-electron chi connectivity index (χ1n) is 12.2. The summed E-state index contributed by atoms with van der Waals surface area (Å²) in [5.74, 6) is 1.29. The molecule has 0 saturated heterocycles. The number of benzene rings is 3. The third-order valence-electron chi connectivity index (χ3n) is 5.45. The summed E-state index contributed by atoms with van der Waals surface area (Å²) in [6.07, 6.45) is 4.54. The highest BCUT2D eigenvalue weighted by molar-refractivity contribution is 7.99. The van der Waals surface area contributed by atoms with Gasteiger partial charge >= 0.3 is 0 Å². The number of rotatable bonds is 10. The van der Waals surface area contributed by atoms with E-state index < -0.39 is 5.91 Å². The number of carbonyl (C=O) groups excluding carboxylic acids is 1. The normalized spacial score (nSPS) is 11.1. The van der Waals surface area contributed by atoms with Crippen molar-refractivity contribution in [2.75, 3.05) is 17.7 Å². The molecule has 37 heavy (non-hydrogen) atoms. The molecule has 0 unspecified atom stereocenters. The van der Waals surface area contributed by atoms with Gasteiger partial charge in [-0.1, -0.05) is 37.3 Å². The Labute approximate surface area is 221 Å². The summed E-state index contributed by atoms with van der Waals surface area (Å²) in [7, 11) is 0. The van der Waals surface area contributed by atoms with Crippen LogP contribution < -0.4 is 10.1 Å². The molecule has 7 heteroatoms. The van der Waals surface area contributed by atoms with Crippen LogP contribution in [0.3, 0.4) is 0 Å². The molecule has 1 N–H and O–H groups in total. The van der Waals surface area contributed by atoms with Crippen molar-refractivity contribution in [3.8, 4) is 28.8 Å². The molecule has 0 aliphatic heterocycles. The molecule has 1 aromatic heterocycles. The van der Waals surface area contributed by atoms with E-state index in [1.807, 2.05) is 73.4 Å². The van der Waals surface area contributed by atoms with Crippen molar-refractivity contribution >= 4 is 29.4 Å². The first-order chi connectivity index (χ1) is 18.1. The minimum Gasteiger partial charge on any atom is -0.494 e. The zero-order valence-corrected chi connectivity index (χ0v) is 21.7. The van der Waals surface area contributed by atoms with E-state index in [2.05, 4.69) is 24.4 Å². The molecule has 4 rings (SSSR count). The Morgan fingerprint density at radius 1 is 1.05 bits per heavy atom. The number of aromatic nitrogens is 2. The second kappa shape index (κ2) is 12.6. The lowest BCUT2D eigenvalue weighted by atomic mass is 10.1. The molecule has 0 saturated carbocycles. The molecule has 3 aromatic carbocycles. The van der Waals surface area contributed by atoms with Gasteiger partial charge in [0.1, 0.15) is 17.4 Å². The molecule has 0 radical (unpaired) electrons. The fourth-order valence-electron chi connectivity index (χ4n) is 3.66. The van der Waals surface area contributed by atoms with Crippen molar-refractivity contribution in [1.29, 1.82) is 5.26 Å². The molecule has 186 valence electrons. The van der Waals surface area contributed by atoms with E-state index >= 15 is 0 Å². The van der Waals surface area contributed by atoms with Gasteiger partial charge in [0.25, 0.3) is 5.91 Å². The fraction of sp³-hybridized carbons (Fsp3) is 0.167. The van der Waals surface area contributed by atoms with E-state index in [1.54, 1.807) is 35.0 Å². The minimum atomic E-state index is -0.489. The van der Waals surface area contributed by atoms with Crippen molar-refractivity contribution in [3.05, 3.63) is 96.2 Å². The average Bonchev–Trinajstić information content (AvgIpc) is 3.36. The largest absolute Gasteiger partial charge is 0.494 e. The first-order valence-corrected chi connectivity index (χ1v) is 13.1. The maximum Gasteiger partial charge on any atom is 0.266 e. The van der Waals surface area contributed by atoms with Crippen LogP contribution in [-0.2, 0) is 4.79 Å². The van der Waals surface area contributed by atoms with Crippen molar-refractivity contribution in [2.45, 2.75) is 25.2 Å². The van der Waals surface area contributed by atoms with E-state index in [4.69, 9.17) is 9.84 Å². The van der Waals surface area contributed by atoms with E-state index in [0.29, 0.717) is 29.3 Å². The first kappa shape index (κ1) is 25.8. The molecule has 4 aromatic rings.